The first-order chi connectivity index (χ1) is 18.3. The second-order valence-electron chi connectivity index (χ2n) is 10.6. The minimum Gasteiger partial charge on any atom is -0.478 e. The minimum atomic E-state index is -0.890. The number of carboxylic acids is 1. The molecule has 5 rings (SSSR count). The number of aromatic carboxylic acids is 1. The van der Waals surface area contributed by atoms with Crippen molar-refractivity contribution in [2.24, 2.45) is 0 Å². The van der Waals surface area contributed by atoms with Crippen LogP contribution in [0.25, 0.3) is 22.6 Å². The van der Waals surface area contributed by atoms with Gasteiger partial charge >= 0.3 is 5.97 Å². The average Bonchev–Trinajstić information content (AvgIpc) is 3.13. The van der Waals surface area contributed by atoms with Crippen molar-refractivity contribution in [3.05, 3.63) is 116 Å². The molecule has 38 heavy (non-hydrogen) atoms. The van der Waals surface area contributed by atoms with Gasteiger partial charge in [-0.3, -0.25) is 4.79 Å². The number of allylic oxidation sites excluding steroid dienone is 1. The molecule has 1 atom stereocenters. The van der Waals surface area contributed by atoms with E-state index >= 15 is 0 Å². The summed E-state index contributed by atoms with van der Waals surface area (Å²) in [6.07, 6.45) is 7.47. The maximum Gasteiger partial charge on any atom is 0.335 e. The van der Waals surface area contributed by atoms with Crippen LogP contribution in [0.15, 0.2) is 69.9 Å². The Kier molecular flexibility index (Phi) is 7.33. The largest absolute Gasteiger partial charge is 0.478 e. The molecule has 0 fully saturated rings. The molecule has 1 aliphatic rings. The molecule has 1 aromatic heterocycles. The van der Waals surface area contributed by atoms with Crippen molar-refractivity contribution < 1.29 is 14.3 Å². The summed E-state index contributed by atoms with van der Waals surface area (Å²) in [4.78, 5) is 25.2. The second-order valence-corrected chi connectivity index (χ2v) is 10.6. The average molecular weight is 507 g/mol. The predicted octanol–water partition coefficient (Wildman–Crippen LogP) is 8.11. The second kappa shape index (κ2) is 10.8. The third-order valence-electron chi connectivity index (χ3n) is 7.82. The van der Waals surface area contributed by atoms with E-state index in [2.05, 4.69) is 43.3 Å². The summed E-state index contributed by atoms with van der Waals surface area (Å²) in [7, 11) is 0. The topological polar surface area (TPSA) is 67.5 Å². The Morgan fingerprint density at radius 2 is 1.79 bits per heavy atom. The van der Waals surface area contributed by atoms with Gasteiger partial charge < -0.3 is 9.52 Å². The molecule has 194 valence electrons. The summed E-state index contributed by atoms with van der Waals surface area (Å²) < 4.78 is 6.66. The highest BCUT2D eigenvalue weighted by Gasteiger charge is 2.21. The molecule has 4 aromatic rings. The molecule has 0 saturated heterocycles. The third kappa shape index (κ3) is 5.08. The number of hydrogen-bond donors (Lipinski definition) is 1. The molecule has 1 N–H and O–H groups in total. The maximum atomic E-state index is 13.6. The van der Waals surface area contributed by atoms with Gasteiger partial charge in [0.05, 0.1) is 10.9 Å². The van der Waals surface area contributed by atoms with Crippen molar-refractivity contribution >= 4 is 28.6 Å². The zero-order valence-corrected chi connectivity index (χ0v) is 22.3. The molecule has 0 spiro atoms. The fourth-order valence-corrected chi connectivity index (χ4v) is 5.75. The summed E-state index contributed by atoms with van der Waals surface area (Å²) in [6, 6.07) is 19.7. The number of aryl methyl sites for hydroxylation is 3. The van der Waals surface area contributed by atoms with Gasteiger partial charge in [0.15, 0.2) is 5.43 Å². The normalized spacial score (nSPS) is 14.0. The third-order valence-corrected chi connectivity index (χ3v) is 7.82. The van der Waals surface area contributed by atoms with Crippen LogP contribution in [0.1, 0.15) is 88.0 Å². The number of hydrogen-bond acceptors (Lipinski definition) is 3. The molecule has 1 aliphatic carbocycles. The Morgan fingerprint density at radius 3 is 2.61 bits per heavy atom. The molecule has 1 heterocycles. The standard InChI is InChI=1S/C34H34O4/c1-21-18-29(22(2)10-8-15-25-12-6-7-17-28(25)34(36)37)33-30(19-21)31(35)23(3)32(38-33)27-16-9-14-24-11-4-5-13-26(24)20-27/h4-7,11-13,17-20,22H,8-10,14-16H2,1-3H3,(H,36,37). The summed E-state index contributed by atoms with van der Waals surface area (Å²) >= 11 is 0. The van der Waals surface area contributed by atoms with Gasteiger partial charge in [-0.2, -0.15) is 0 Å². The fraction of sp³-hybridized carbons (Fsp3) is 0.294. The lowest BCUT2D eigenvalue weighted by Crippen LogP contribution is -2.11. The van der Waals surface area contributed by atoms with Crippen molar-refractivity contribution in [3.63, 3.8) is 0 Å². The van der Waals surface area contributed by atoms with Crippen LogP contribution in [0.4, 0.5) is 0 Å². The molecule has 4 nitrogen and oxygen atoms in total. The number of benzene rings is 3. The van der Waals surface area contributed by atoms with Crippen LogP contribution in [0.3, 0.4) is 0 Å². The first kappa shape index (κ1) is 25.7. The van der Waals surface area contributed by atoms with Gasteiger partial charge in [0.2, 0.25) is 0 Å². The summed E-state index contributed by atoms with van der Waals surface area (Å²) in [5.74, 6) is -0.0396. The van der Waals surface area contributed by atoms with Crippen LogP contribution >= 0.6 is 0 Å². The van der Waals surface area contributed by atoms with E-state index < -0.39 is 5.97 Å². The van der Waals surface area contributed by atoms with Crippen LogP contribution in [-0.4, -0.2) is 11.1 Å². The van der Waals surface area contributed by atoms with Gasteiger partial charge in [0, 0.05) is 5.56 Å². The zero-order chi connectivity index (χ0) is 26.8. The zero-order valence-electron chi connectivity index (χ0n) is 22.3. The van der Waals surface area contributed by atoms with E-state index in [0.29, 0.717) is 34.3 Å². The van der Waals surface area contributed by atoms with Crippen molar-refractivity contribution in [1.82, 2.24) is 0 Å². The molecular formula is C34H34O4. The first-order valence-electron chi connectivity index (χ1n) is 13.5. The first-order valence-corrected chi connectivity index (χ1v) is 13.5. The predicted molar refractivity (Wildman–Crippen MR) is 154 cm³/mol. The minimum absolute atomic E-state index is 0.0345. The van der Waals surface area contributed by atoms with Crippen LogP contribution in [-0.2, 0) is 12.8 Å². The highest BCUT2D eigenvalue weighted by Crippen LogP contribution is 2.35. The van der Waals surface area contributed by atoms with Crippen molar-refractivity contribution in [3.8, 4) is 0 Å². The van der Waals surface area contributed by atoms with E-state index in [-0.39, 0.29) is 11.3 Å². The molecule has 3 aromatic carbocycles. The van der Waals surface area contributed by atoms with Crippen molar-refractivity contribution in [2.75, 3.05) is 0 Å². The fourth-order valence-electron chi connectivity index (χ4n) is 5.75. The van der Waals surface area contributed by atoms with E-state index in [0.717, 1.165) is 54.4 Å². The van der Waals surface area contributed by atoms with E-state index in [1.807, 2.05) is 32.0 Å². The van der Waals surface area contributed by atoms with Crippen LogP contribution in [0, 0.1) is 13.8 Å². The number of rotatable bonds is 7. The number of carboxylic acid groups (broad SMARTS) is 1. The smallest absolute Gasteiger partial charge is 0.335 e. The summed E-state index contributed by atoms with van der Waals surface area (Å²) in [6.45, 7) is 6.06. The Morgan fingerprint density at radius 1 is 1.03 bits per heavy atom. The monoisotopic (exact) mass is 506 g/mol. The molecular weight excluding hydrogens is 472 g/mol. The highest BCUT2D eigenvalue weighted by molar-refractivity contribution is 5.89. The van der Waals surface area contributed by atoms with E-state index in [9.17, 15) is 14.7 Å². The van der Waals surface area contributed by atoms with Gasteiger partial charge in [-0.1, -0.05) is 55.5 Å². The van der Waals surface area contributed by atoms with Crippen molar-refractivity contribution in [2.45, 2.75) is 65.2 Å². The highest BCUT2D eigenvalue weighted by atomic mass is 16.4. The Labute approximate surface area is 223 Å². The Bertz CT molecular complexity index is 1610. The van der Waals surface area contributed by atoms with Crippen LogP contribution in [0.5, 0.6) is 0 Å². The quantitative estimate of drug-likeness (QED) is 0.275. The molecule has 0 aliphatic heterocycles. The van der Waals surface area contributed by atoms with Gasteiger partial charge in [0.1, 0.15) is 11.3 Å². The van der Waals surface area contributed by atoms with E-state index in [4.69, 9.17) is 4.42 Å². The Hall–Kier alpha value is -3.92. The lowest BCUT2D eigenvalue weighted by atomic mass is 9.90. The number of carbonyl (C=O) groups is 1. The molecule has 0 bridgehead atoms. The molecule has 0 saturated carbocycles. The molecule has 0 amide bonds. The van der Waals surface area contributed by atoms with Gasteiger partial charge in [-0.15, -0.1) is 0 Å². The molecule has 0 radical (unpaired) electrons. The van der Waals surface area contributed by atoms with Crippen LogP contribution in [0.2, 0.25) is 0 Å². The number of fused-ring (bicyclic) bond motifs is 2. The summed E-state index contributed by atoms with van der Waals surface area (Å²) in [5, 5.41) is 10.1. The Balaban J connectivity index is 1.50. The van der Waals surface area contributed by atoms with E-state index in [1.165, 1.54) is 11.1 Å². The lowest BCUT2D eigenvalue weighted by molar-refractivity contribution is 0.0695. The van der Waals surface area contributed by atoms with E-state index in [1.54, 1.807) is 12.1 Å². The summed E-state index contributed by atoms with van der Waals surface area (Å²) in [5.41, 5.74) is 8.28. The SMILES string of the molecule is Cc1cc(C(C)CCCc2ccccc2C(=O)O)c2oc(C3=Cc4ccccc4CCC3)c(C)c(=O)c2c1. The van der Waals surface area contributed by atoms with Gasteiger partial charge in [-0.25, -0.2) is 4.79 Å². The van der Waals surface area contributed by atoms with Gasteiger partial charge in [0.25, 0.3) is 0 Å². The van der Waals surface area contributed by atoms with Gasteiger partial charge in [-0.05, 0) is 110 Å². The van der Waals surface area contributed by atoms with Crippen LogP contribution < -0.4 is 5.43 Å². The maximum absolute atomic E-state index is 13.6. The molecule has 4 heteroatoms. The van der Waals surface area contributed by atoms with Crippen molar-refractivity contribution in [1.29, 1.82) is 0 Å². The lowest BCUT2D eigenvalue weighted by Gasteiger charge is -2.17. The molecule has 1 unspecified atom stereocenters.